The van der Waals surface area contributed by atoms with Crippen LogP contribution in [0.3, 0.4) is 0 Å². The number of benzene rings is 9. The fourth-order valence-corrected chi connectivity index (χ4v) is 11.9. The number of nitrogens with zero attached hydrogens (tertiary/aromatic N) is 5. The van der Waals surface area contributed by atoms with Gasteiger partial charge in [-0.05, 0) is 139 Å². The summed E-state index contributed by atoms with van der Waals surface area (Å²) in [4.78, 5) is 9.94. The summed E-state index contributed by atoms with van der Waals surface area (Å²) in [6.45, 7) is 0. The van der Waals surface area contributed by atoms with E-state index in [4.69, 9.17) is 0 Å². The number of anilines is 8. The van der Waals surface area contributed by atoms with Crippen LogP contribution in [-0.4, -0.2) is 10.6 Å². The smallest absolute Gasteiger partial charge is 0.0631 e. The first-order chi connectivity index (χ1) is 35.2. The first-order valence-corrected chi connectivity index (χ1v) is 24.8. The molecule has 338 valence electrons. The van der Waals surface area contributed by atoms with Crippen LogP contribution in [0, 0.1) is 0 Å². The van der Waals surface area contributed by atoms with Crippen molar-refractivity contribution in [1.82, 2.24) is 4.57 Å². The standard InChI is InChI=1S/C66H49N5/c1-6-20-46(21-7-1)67(51-34-38-63-57(42-51)55-30-16-18-32-61(55)69(63)48-24-10-3-11-25-48)53-36-40-65-59(44-53)60-45-54(37-41-66(60)71(65)50-28-14-5-15-29-50)68(47-22-8-2-9-23-47)52-35-39-64-58(43-52)56-31-17-19-33-62(56)70(64)49-26-12-4-13-27-49/h1-42,44-45,58-59,65H,43H2. The number of fused-ring (bicyclic) bond motifs is 9. The Hall–Kier alpha value is -9.06. The molecule has 10 aromatic rings. The second-order valence-corrected chi connectivity index (χ2v) is 18.9. The van der Waals surface area contributed by atoms with Gasteiger partial charge in [0.15, 0.2) is 0 Å². The van der Waals surface area contributed by atoms with Crippen molar-refractivity contribution in [2.45, 2.75) is 24.3 Å². The number of allylic oxidation sites excluding steroid dienone is 5. The minimum Gasteiger partial charge on any atom is -0.333 e. The molecule has 0 fully saturated rings. The molecule has 0 saturated heterocycles. The lowest BCUT2D eigenvalue weighted by Crippen LogP contribution is -2.30. The topological polar surface area (TPSA) is 17.9 Å². The average Bonchev–Trinajstić information content (AvgIpc) is 4.07. The highest BCUT2D eigenvalue weighted by atomic mass is 15.2. The summed E-state index contributed by atoms with van der Waals surface area (Å²) < 4.78 is 2.39. The van der Waals surface area contributed by atoms with Crippen molar-refractivity contribution in [3.8, 4) is 5.69 Å². The number of hydrogen-bond donors (Lipinski definition) is 0. The first kappa shape index (κ1) is 41.0. The Morgan fingerprint density at radius 3 is 1.76 bits per heavy atom. The van der Waals surface area contributed by atoms with Crippen molar-refractivity contribution in [1.29, 1.82) is 0 Å². The van der Waals surface area contributed by atoms with E-state index in [2.05, 4.69) is 291 Å². The van der Waals surface area contributed by atoms with Crippen molar-refractivity contribution in [2.75, 3.05) is 19.6 Å². The van der Waals surface area contributed by atoms with Crippen molar-refractivity contribution in [3.63, 3.8) is 0 Å². The lowest BCUT2D eigenvalue weighted by molar-refractivity contribution is 0.735. The summed E-state index contributed by atoms with van der Waals surface area (Å²) >= 11 is 0. The summed E-state index contributed by atoms with van der Waals surface area (Å²) in [5.74, 6) is 0.280. The van der Waals surface area contributed by atoms with Crippen LogP contribution in [0.15, 0.2) is 284 Å². The van der Waals surface area contributed by atoms with Gasteiger partial charge in [-0.15, -0.1) is 0 Å². The second-order valence-electron chi connectivity index (χ2n) is 18.9. The van der Waals surface area contributed by atoms with Gasteiger partial charge in [0.1, 0.15) is 0 Å². The fourth-order valence-electron chi connectivity index (χ4n) is 11.9. The Kier molecular flexibility index (Phi) is 9.73. The number of aromatic nitrogens is 1. The molecule has 3 heterocycles. The van der Waals surface area contributed by atoms with Crippen LogP contribution < -0.4 is 19.6 Å². The molecule has 5 heteroatoms. The number of rotatable bonds is 9. The molecule has 0 saturated carbocycles. The SMILES string of the molecule is C1=CC2C(C=C1N(c1ccccc1)c1ccc3c(c1)c1ccccc1n3-c1ccccc1)c1cc(N(C3=CC=C4C(C3)c3ccccc3N4c3ccccc3)c3ccccc3)ccc1N2c1ccccc1. The molecule has 5 nitrogen and oxygen atoms in total. The molecular weight excluding hydrogens is 863 g/mol. The zero-order valence-electron chi connectivity index (χ0n) is 39.1. The number of hydrogen-bond acceptors (Lipinski definition) is 4. The molecule has 0 N–H and O–H groups in total. The summed E-state index contributed by atoms with van der Waals surface area (Å²) in [5, 5.41) is 2.46. The van der Waals surface area contributed by atoms with E-state index >= 15 is 0 Å². The average molecular weight is 912 g/mol. The van der Waals surface area contributed by atoms with Gasteiger partial charge in [0.2, 0.25) is 0 Å². The van der Waals surface area contributed by atoms with Crippen molar-refractivity contribution in [2.24, 2.45) is 0 Å². The van der Waals surface area contributed by atoms with E-state index in [0.717, 1.165) is 40.6 Å². The molecule has 0 bridgehead atoms. The molecule has 4 aliphatic rings. The highest BCUT2D eigenvalue weighted by Gasteiger charge is 2.41. The highest BCUT2D eigenvalue weighted by Crippen LogP contribution is 2.55. The molecule has 0 radical (unpaired) electrons. The fraction of sp³-hybridized carbons (Fsp3) is 0.0606. The lowest BCUT2D eigenvalue weighted by atomic mass is 9.88. The molecule has 14 rings (SSSR count). The molecule has 2 aliphatic carbocycles. The first-order valence-electron chi connectivity index (χ1n) is 24.8. The minimum absolute atomic E-state index is 0.0608. The molecule has 0 amide bonds. The maximum atomic E-state index is 2.54. The zero-order valence-corrected chi connectivity index (χ0v) is 39.1. The van der Waals surface area contributed by atoms with Gasteiger partial charge >= 0.3 is 0 Å². The van der Waals surface area contributed by atoms with Gasteiger partial charge in [0.25, 0.3) is 0 Å². The Labute approximate surface area is 414 Å². The van der Waals surface area contributed by atoms with Gasteiger partial charge in [-0.1, -0.05) is 140 Å². The molecule has 3 atom stereocenters. The van der Waals surface area contributed by atoms with Crippen molar-refractivity contribution in [3.05, 3.63) is 295 Å². The van der Waals surface area contributed by atoms with Gasteiger partial charge in [0.05, 0.1) is 17.1 Å². The third kappa shape index (κ3) is 6.76. The van der Waals surface area contributed by atoms with E-state index in [1.165, 1.54) is 67.1 Å². The summed E-state index contributed by atoms with van der Waals surface area (Å²) in [5.41, 5.74) is 19.4. The summed E-state index contributed by atoms with van der Waals surface area (Å²) in [6, 6.07) is 86.2. The Morgan fingerprint density at radius 1 is 0.423 bits per heavy atom. The second kappa shape index (κ2) is 16.9. The third-order valence-electron chi connectivity index (χ3n) is 14.9. The van der Waals surface area contributed by atoms with Crippen LogP contribution in [0.2, 0.25) is 0 Å². The largest absolute Gasteiger partial charge is 0.333 e. The van der Waals surface area contributed by atoms with E-state index < -0.39 is 0 Å². The molecule has 9 aromatic carbocycles. The minimum atomic E-state index is 0.0608. The lowest BCUT2D eigenvalue weighted by Gasteiger charge is -2.33. The summed E-state index contributed by atoms with van der Waals surface area (Å²) in [7, 11) is 0. The van der Waals surface area contributed by atoms with E-state index in [1.54, 1.807) is 0 Å². The molecule has 1 aromatic heterocycles. The third-order valence-corrected chi connectivity index (χ3v) is 14.9. The van der Waals surface area contributed by atoms with E-state index in [1.807, 2.05) is 0 Å². The van der Waals surface area contributed by atoms with E-state index in [-0.39, 0.29) is 17.9 Å². The maximum absolute atomic E-state index is 2.54. The number of para-hydroxylation sites is 7. The monoisotopic (exact) mass is 911 g/mol. The van der Waals surface area contributed by atoms with Gasteiger partial charge in [0, 0.05) is 97.3 Å². The van der Waals surface area contributed by atoms with Crippen molar-refractivity contribution < 1.29 is 0 Å². The maximum Gasteiger partial charge on any atom is 0.0631 e. The highest BCUT2D eigenvalue weighted by molar-refractivity contribution is 6.10. The van der Waals surface area contributed by atoms with Crippen LogP contribution in [0.5, 0.6) is 0 Å². The van der Waals surface area contributed by atoms with Crippen LogP contribution >= 0.6 is 0 Å². The Bertz CT molecular complexity index is 3760. The van der Waals surface area contributed by atoms with Crippen LogP contribution in [-0.2, 0) is 0 Å². The van der Waals surface area contributed by atoms with Crippen LogP contribution in [0.4, 0.5) is 45.5 Å². The van der Waals surface area contributed by atoms with Crippen LogP contribution in [0.25, 0.3) is 27.5 Å². The van der Waals surface area contributed by atoms with Gasteiger partial charge in [-0.2, -0.15) is 0 Å². The molecule has 3 unspecified atom stereocenters. The molecule has 2 aliphatic heterocycles. The van der Waals surface area contributed by atoms with E-state index in [0.29, 0.717) is 0 Å². The van der Waals surface area contributed by atoms with Crippen molar-refractivity contribution >= 4 is 67.3 Å². The van der Waals surface area contributed by atoms with Crippen LogP contribution in [0.1, 0.15) is 29.4 Å². The quantitative estimate of drug-likeness (QED) is 0.144. The normalized spacial score (nSPS) is 17.5. The predicted molar refractivity (Wildman–Crippen MR) is 295 cm³/mol. The Morgan fingerprint density at radius 2 is 1.01 bits per heavy atom. The molecular formula is C66H49N5. The zero-order chi connectivity index (χ0) is 46.8. The Balaban J connectivity index is 0.906. The van der Waals surface area contributed by atoms with Gasteiger partial charge in [-0.25, -0.2) is 0 Å². The van der Waals surface area contributed by atoms with Gasteiger partial charge < -0.3 is 24.2 Å². The molecule has 0 spiro atoms. The van der Waals surface area contributed by atoms with E-state index in [9.17, 15) is 0 Å². The summed E-state index contributed by atoms with van der Waals surface area (Å²) in [6.07, 6.45) is 12.9. The molecule has 71 heavy (non-hydrogen) atoms. The predicted octanol–water partition coefficient (Wildman–Crippen LogP) is 16.9. The van der Waals surface area contributed by atoms with Gasteiger partial charge in [-0.3, -0.25) is 0 Å².